The van der Waals surface area contributed by atoms with E-state index < -0.39 is 0 Å². The van der Waals surface area contributed by atoms with E-state index in [1.807, 2.05) is 55.9 Å². The molecule has 4 heterocycles. The molecule has 33 heavy (non-hydrogen) atoms. The smallest absolute Gasteiger partial charge is 0.257 e. The number of nitrogen functional groups attached to an aromatic ring is 1. The number of rotatable bonds is 6. The van der Waals surface area contributed by atoms with Crippen molar-refractivity contribution in [1.29, 1.82) is 0 Å². The van der Waals surface area contributed by atoms with E-state index in [1.165, 1.54) is 0 Å². The third kappa shape index (κ3) is 4.37. The van der Waals surface area contributed by atoms with Gasteiger partial charge in [0, 0.05) is 42.2 Å². The first kappa shape index (κ1) is 21.3. The summed E-state index contributed by atoms with van der Waals surface area (Å²) < 4.78 is 7.62. The highest BCUT2D eigenvalue weighted by molar-refractivity contribution is 7.09. The van der Waals surface area contributed by atoms with Crippen molar-refractivity contribution in [3.05, 3.63) is 63.8 Å². The van der Waals surface area contributed by atoms with E-state index in [0.717, 1.165) is 27.2 Å². The normalized spacial score (nSPS) is 11.2. The van der Waals surface area contributed by atoms with Gasteiger partial charge in [-0.15, -0.1) is 11.3 Å². The third-order valence-electron chi connectivity index (χ3n) is 5.04. The second-order valence-corrected chi connectivity index (χ2v) is 8.94. The molecule has 0 aliphatic rings. The van der Waals surface area contributed by atoms with Crippen LogP contribution in [-0.2, 0) is 13.5 Å². The Bertz CT molecular complexity index is 1460. The van der Waals surface area contributed by atoms with Crippen LogP contribution in [0.15, 0.2) is 48.1 Å². The molecule has 0 amide bonds. The van der Waals surface area contributed by atoms with E-state index in [4.69, 9.17) is 27.1 Å². The Morgan fingerprint density at radius 2 is 2.03 bits per heavy atom. The highest BCUT2D eigenvalue weighted by Crippen LogP contribution is 2.35. The van der Waals surface area contributed by atoms with E-state index in [-0.39, 0.29) is 11.7 Å². The van der Waals surface area contributed by atoms with Crippen molar-refractivity contribution in [1.82, 2.24) is 29.7 Å². The Kier molecular flexibility index (Phi) is 5.65. The summed E-state index contributed by atoms with van der Waals surface area (Å²) in [5, 5.41) is 8.96. The van der Waals surface area contributed by atoms with Crippen LogP contribution in [-0.4, -0.2) is 36.3 Å². The van der Waals surface area contributed by atoms with Crippen molar-refractivity contribution in [2.24, 2.45) is 7.05 Å². The fourth-order valence-electron chi connectivity index (χ4n) is 3.52. The Hall–Kier alpha value is -3.56. The van der Waals surface area contributed by atoms with Gasteiger partial charge >= 0.3 is 0 Å². The SMILES string of the molecule is Cc1nc(CCOc2nc(-c3cc(Cl)c4ncccc4c3)c(-c3ccn(C)n3)nc2N)cs1. The minimum atomic E-state index is 0.197. The summed E-state index contributed by atoms with van der Waals surface area (Å²) in [7, 11) is 1.84. The van der Waals surface area contributed by atoms with E-state index in [2.05, 4.69) is 20.1 Å². The highest BCUT2D eigenvalue weighted by Gasteiger charge is 2.19. The largest absolute Gasteiger partial charge is 0.475 e. The molecule has 0 radical (unpaired) electrons. The number of aromatic nitrogens is 6. The number of thiazole rings is 1. The van der Waals surface area contributed by atoms with E-state index >= 15 is 0 Å². The fraction of sp³-hybridized carbons (Fsp3) is 0.174. The molecule has 0 unspecified atom stereocenters. The van der Waals surface area contributed by atoms with Gasteiger partial charge in [0.25, 0.3) is 5.88 Å². The molecule has 0 fully saturated rings. The van der Waals surface area contributed by atoms with Gasteiger partial charge in [-0.05, 0) is 31.2 Å². The number of nitrogens with zero attached hydrogens (tertiary/aromatic N) is 6. The lowest BCUT2D eigenvalue weighted by atomic mass is 10.0. The van der Waals surface area contributed by atoms with Gasteiger partial charge in [-0.1, -0.05) is 17.7 Å². The predicted octanol–water partition coefficient (Wildman–Crippen LogP) is 4.71. The topological polar surface area (TPSA) is 105 Å². The molecular weight excluding hydrogens is 458 g/mol. The molecule has 8 nitrogen and oxygen atoms in total. The Morgan fingerprint density at radius 3 is 2.79 bits per heavy atom. The van der Waals surface area contributed by atoms with E-state index in [0.29, 0.717) is 35.1 Å². The Balaban J connectivity index is 1.57. The molecule has 5 rings (SSSR count). The second kappa shape index (κ2) is 8.76. The van der Waals surface area contributed by atoms with Gasteiger partial charge in [-0.25, -0.2) is 15.0 Å². The number of benzene rings is 1. The van der Waals surface area contributed by atoms with Crippen LogP contribution in [0.2, 0.25) is 5.02 Å². The van der Waals surface area contributed by atoms with Crippen LogP contribution in [0.3, 0.4) is 0 Å². The summed E-state index contributed by atoms with van der Waals surface area (Å²) in [6.45, 7) is 2.36. The molecule has 0 aliphatic heterocycles. The van der Waals surface area contributed by atoms with Gasteiger partial charge in [0.05, 0.1) is 27.8 Å². The Labute approximate surface area is 199 Å². The standard InChI is InChI=1S/C23H20ClN7OS/c1-13-27-16(12-33-13)6-9-32-23-22(25)28-21(18-5-8-31(2)30-18)20(29-23)15-10-14-4-3-7-26-19(14)17(24)11-15/h3-5,7-8,10-12H,6,9H2,1-2H3,(H2,25,28). The average molecular weight is 478 g/mol. The summed E-state index contributed by atoms with van der Waals surface area (Å²) in [6, 6.07) is 9.48. The summed E-state index contributed by atoms with van der Waals surface area (Å²) in [6.07, 6.45) is 4.21. The number of nitrogens with two attached hydrogens (primary N) is 1. The lowest BCUT2D eigenvalue weighted by molar-refractivity contribution is 0.309. The van der Waals surface area contributed by atoms with Gasteiger partial charge in [-0.2, -0.15) is 5.10 Å². The zero-order valence-corrected chi connectivity index (χ0v) is 19.6. The van der Waals surface area contributed by atoms with Gasteiger partial charge in [-0.3, -0.25) is 9.67 Å². The first-order chi connectivity index (χ1) is 16.0. The minimum absolute atomic E-state index is 0.197. The van der Waals surface area contributed by atoms with Gasteiger partial charge < -0.3 is 10.5 Å². The number of pyridine rings is 1. The quantitative estimate of drug-likeness (QED) is 0.377. The zero-order chi connectivity index (χ0) is 22.9. The molecule has 5 aromatic rings. The van der Waals surface area contributed by atoms with Crippen LogP contribution in [0.25, 0.3) is 33.5 Å². The number of hydrogen-bond donors (Lipinski definition) is 1. The molecule has 2 N–H and O–H groups in total. The highest BCUT2D eigenvalue weighted by atomic mass is 35.5. The number of ether oxygens (including phenoxy) is 1. The molecule has 1 aromatic carbocycles. The van der Waals surface area contributed by atoms with Crippen molar-refractivity contribution in [2.75, 3.05) is 12.3 Å². The first-order valence-electron chi connectivity index (χ1n) is 10.2. The average Bonchev–Trinajstić information content (AvgIpc) is 3.42. The lowest BCUT2D eigenvalue weighted by Crippen LogP contribution is -2.08. The van der Waals surface area contributed by atoms with Crippen LogP contribution in [0.1, 0.15) is 10.7 Å². The molecule has 166 valence electrons. The van der Waals surface area contributed by atoms with E-state index in [9.17, 15) is 0 Å². The molecular formula is C23H20ClN7OS. The first-order valence-corrected chi connectivity index (χ1v) is 11.5. The molecule has 0 spiro atoms. The zero-order valence-electron chi connectivity index (χ0n) is 18.0. The third-order valence-corrected chi connectivity index (χ3v) is 6.15. The maximum atomic E-state index is 6.55. The molecule has 4 aromatic heterocycles. The van der Waals surface area contributed by atoms with Crippen LogP contribution in [0.5, 0.6) is 5.88 Å². The van der Waals surface area contributed by atoms with Crippen molar-refractivity contribution >= 4 is 39.7 Å². The fourth-order valence-corrected chi connectivity index (χ4v) is 4.44. The summed E-state index contributed by atoms with van der Waals surface area (Å²) >= 11 is 8.16. The predicted molar refractivity (Wildman–Crippen MR) is 130 cm³/mol. The van der Waals surface area contributed by atoms with Crippen LogP contribution in [0, 0.1) is 6.92 Å². The van der Waals surface area contributed by atoms with Crippen molar-refractivity contribution in [3.8, 4) is 28.5 Å². The maximum absolute atomic E-state index is 6.55. The molecule has 0 aliphatic carbocycles. The molecule has 0 atom stereocenters. The summed E-state index contributed by atoms with van der Waals surface area (Å²) in [4.78, 5) is 18.2. The maximum Gasteiger partial charge on any atom is 0.257 e. The lowest BCUT2D eigenvalue weighted by Gasteiger charge is -2.13. The Morgan fingerprint density at radius 1 is 1.15 bits per heavy atom. The number of anilines is 1. The van der Waals surface area contributed by atoms with E-state index in [1.54, 1.807) is 22.2 Å². The minimum Gasteiger partial charge on any atom is -0.475 e. The molecule has 0 saturated heterocycles. The number of halogens is 1. The molecule has 0 saturated carbocycles. The number of hydrogen-bond acceptors (Lipinski definition) is 8. The van der Waals surface area contributed by atoms with Crippen molar-refractivity contribution in [3.63, 3.8) is 0 Å². The summed E-state index contributed by atoms with van der Waals surface area (Å²) in [5.41, 5.74) is 10.5. The second-order valence-electron chi connectivity index (χ2n) is 7.48. The van der Waals surface area contributed by atoms with Crippen LogP contribution >= 0.6 is 22.9 Å². The summed E-state index contributed by atoms with van der Waals surface area (Å²) in [5.74, 6) is 0.460. The van der Waals surface area contributed by atoms with Crippen LogP contribution < -0.4 is 10.5 Å². The molecule has 10 heteroatoms. The van der Waals surface area contributed by atoms with Gasteiger partial charge in [0.1, 0.15) is 17.1 Å². The van der Waals surface area contributed by atoms with Crippen molar-refractivity contribution in [2.45, 2.75) is 13.3 Å². The number of aryl methyl sites for hydroxylation is 2. The van der Waals surface area contributed by atoms with Gasteiger partial charge in [0.15, 0.2) is 5.82 Å². The van der Waals surface area contributed by atoms with Crippen molar-refractivity contribution < 1.29 is 4.74 Å². The number of fused-ring (bicyclic) bond motifs is 1. The molecule has 0 bridgehead atoms. The van der Waals surface area contributed by atoms with Crippen LogP contribution in [0.4, 0.5) is 5.82 Å². The monoisotopic (exact) mass is 477 g/mol. The van der Waals surface area contributed by atoms with Gasteiger partial charge in [0.2, 0.25) is 0 Å².